The van der Waals surface area contributed by atoms with E-state index in [4.69, 9.17) is 5.21 Å². The predicted octanol–water partition coefficient (Wildman–Crippen LogP) is 0.966. The Morgan fingerprint density at radius 3 is 2.00 bits per heavy atom. The maximum atomic E-state index is 11.3. The molecule has 0 rings (SSSR count). The SMILES string of the molecule is [B]C/C(=N\O)C(F)(F)F. The number of rotatable bonds is 1. The van der Waals surface area contributed by atoms with Crippen LogP contribution in [0.2, 0.25) is 6.32 Å². The van der Waals surface area contributed by atoms with Gasteiger partial charge in [-0.15, -0.1) is 0 Å². The summed E-state index contributed by atoms with van der Waals surface area (Å²) in [6.45, 7) is 0. The van der Waals surface area contributed by atoms with Crippen molar-refractivity contribution in [3.8, 4) is 0 Å². The zero-order valence-electron chi connectivity index (χ0n) is 4.31. The van der Waals surface area contributed by atoms with Gasteiger partial charge < -0.3 is 5.21 Å². The first-order valence-corrected chi connectivity index (χ1v) is 2.00. The number of nitrogens with zero attached hydrogens (tertiary/aromatic N) is 1. The summed E-state index contributed by atoms with van der Waals surface area (Å²) in [5.74, 6) is 0. The molecule has 6 heteroatoms. The highest BCUT2D eigenvalue weighted by Gasteiger charge is 2.34. The Balaban J connectivity index is 4.14. The average Bonchev–Trinajstić information content (AvgIpc) is 1.65. The Hall–Kier alpha value is -0.675. The van der Waals surface area contributed by atoms with Crippen molar-refractivity contribution in [3.63, 3.8) is 0 Å². The lowest BCUT2D eigenvalue weighted by Gasteiger charge is -2.03. The van der Waals surface area contributed by atoms with E-state index in [0.29, 0.717) is 0 Å². The second kappa shape index (κ2) is 2.75. The topological polar surface area (TPSA) is 32.6 Å². The molecule has 0 amide bonds. The summed E-state index contributed by atoms with van der Waals surface area (Å²) in [7, 11) is 4.56. The molecule has 0 aromatic heterocycles. The van der Waals surface area contributed by atoms with Crippen molar-refractivity contribution in [2.75, 3.05) is 0 Å². The first kappa shape index (κ1) is 8.32. The van der Waals surface area contributed by atoms with Crippen LogP contribution in [0.4, 0.5) is 13.2 Å². The molecule has 0 fully saturated rings. The highest BCUT2D eigenvalue weighted by atomic mass is 19.4. The molecular weight excluding hydrogens is 134 g/mol. The molecule has 0 aromatic rings. The number of hydrogen-bond acceptors (Lipinski definition) is 2. The van der Waals surface area contributed by atoms with Crippen LogP contribution in [0.3, 0.4) is 0 Å². The molecule has 0 bridgehead atoms. The maximum absolute atomic E-state index is 11.3. The molecule has 0 saturated heterocycles. The third-order valence-corrected chi connectivity index (χ3v) is 0.641. The van der Waals surface area contributed by atoms with Crippen LogP contribution in [-0.4, -0.2) is 24.9 Å². The fraction of sp³-hybridized carbons (Fsp3) is 0.667. The van der Waals surface area contributed by atoms with Crippen LogP contribution in [0.1, 0.15) is 0 Å². The third kappa shape index (κ3) is 2.39. The van der Waals surface area contributed by atoms with Crippen LogP contribution in [0.25, 0.3) is 0 Å². The monoisotopic (exact) mass is 137 g/mol. The fourth-order valence-corrected chi connectivity index (χ4v) is 0.213. The van der Waals surface area contributed by atoms with Gasteiger partial charge in [0.15, 0.2) is 5.71 Å². The van der Waals surface area contributed by atoms with Crippen molar-refractivity contribution >= 4 is 13.6 Å². The van der Waals surface area contributed by atoms with E-state index in [1.165, 1.54) is 0 Å². The molecule has 0 atom stereocenters. The smallest absolute Gasteiger partial charge is 0.411 e. The summed E-state index contributed by atoms with van der Waals surface area (Å²) in [5.41, 5.74) is -1.37. The summed E-state index contributed by atoms with van der Waals surface area (Å²) in [6, 6.07) is 0. The lowest BCUT2D eigenvalue weighted by atomic mass is 10.0. The van der Waals surface area contributed by atoms with Gasteiger partial charge in [-0.1, -0.05) is 5.16 Å². The summed E-state index contributed by atoms with van der Waals surface area (Å²) < 4.78 is 34.0. The van der Waals surface area contributed by atoms with Crippen molar-refractivity contribution < 1.29 is 18.4 Å². The normalized spacial score (nSPS) is 13.9. The van der Waals surface area contributed by atoms with E-state index in [-0.39, 0.29) is 0 Å². The van der Waals surface area contributed by atoms with Gasteiger partial charge in [-0.25, -0.2) is 0 Å². The summed E-state index contributed by atoms with van der Waals surface area (Å²) in [6.07, 6.45) is -5.41. The number of alkyl halides is 3. The van der Waals surface area contributed by atoms with Gasteiger partial charge in [0, 0.05) is 0 Å². The highest BCUT2D eigenvalue weighted by Crippen LogP contribution is 2.18. The van der Waals surface area contributed by atoms with E-state index in [0.717, 1.165) is 0 Å². The summed E-state index contributed by atoms with van der Waals surface area (Å²) in [5, 5.41) is 9.59. The van der Waals surface area contributed by atoms with Gasteiger partial charge in [0.2, 0.25) is 0 Å². The largest absolute Gasteiger partial charge is 0.431 e. The molecule has 1 N–H and O–H groups in total. The second-order valence-electron chi connectivity index (χ2n) is 1.25. The number of halogens is 3. The molecule has 0 saturated carbocycles. The minimum atomic E-state index is -4.61. The predicted molar refractivity (Wildman–Crippen MR) is 25.8 cm³/mol. The molecule has 0 spiro atoms. The van der Waals surface area contributed by atoms with Crippen LogP contribution in [-0.2, 0) is 0 Å². The van der Waals surface area contributed by atoms with Crippen LogP contribution < -0.4 is 0 Å². The molecule has 0 aromatic carbocycles. The van der Waals surface area contributed by atoms with Crippen molar-refractivity contribution in [1.29, 1.82) is 0 Å². The van der Waals surface area contributed by atoms with Gasteiger partial charge >= 0.3 is 6.18 Å². The van der Waals surface area contributed by atoms with Crippen molar-refractivity contribution in [1.82, 2.24) is 0 Å². The standard InChI is InChI=1S/C3H3BF3NO/c4-1-2(8-9)3(5,6)7/h9H,1H2/b8-2+. The highest BCUT2D eigenvalue weighted by molar-refractivity contribution is 6.22. The first-order chi connectivity index (χ1) is 4.02. The molecule has 0 aliphatic heterocycles. The van der Waals surface area contributed by atoms with E-state index < -0.39 is 18.2 Å². The molecule has 50 valence electrons. The Labute approximate surface area is 50.8 Å². The van der Waals surface area contributed by atoms with Gasteiger partial charge in [-0.2, -0.15) is 13.2 Å². The summed E-state index contributed by atoms with van der Waals surface area (Å²) in [4.78, 5) is 0. The average molecular weight is 137 g/mol. The van der Waals surface area contributed by atoms with Crippen LogP contribution in [0, 0.1) is 0 Å². The Morgan fingerprint density at radius 1 is 1.56 bits per heavy atom. The lowest BCUT2D eigenvalue weighted by Crippen LogP contribution is -2.22. The number of hydrogen-bond donors (Lipinski definition) is 1. The molecule has 2 radical (unpaired) electrons. The zero-order chi connectivity index (χ0) is 7.49. The minimum Gasteiger partial charge on any atom is -0.411 e. The van der Waals surface area contributed by atoms with Gasteiger partial charge in [0.05, 0.1) is 7.85 Å². The lowest BCUT2D eigenvalue weighted by molar-refractivity contribution is -0.0612. The molecule has 2 nitrogen and oxygen atoms in total. The fourth-order valence-electron chi connectivity index (χ4n) is 0.213. The van der Waals surface area contributed by atoms with E-state index in [2.05, 4.69) is 7.85 Å². The van der Waals surface area contributed by atoms with E-state index >= 15 is 0 Å². The second-order valence-corrected chi connectivity index (χ2v) is 1.25. The zero-order valence-corrected chi connectivity index (χ0v) is 4.31. The van der Waals surface area contributed by atoms with Crippen molar-refractivity contribution in [3.05, 3.63) is 0 Å². The third-order valence-electron chi connectivity index (χ3n) is 0.641. The van der Waals surface area contributed by atoms with E-state index in [1.54, 1.807) is 0 Å². The quantitative estimate of drug-likeness (QED) is 0.248. The van der Waals surface area contributed by atoms with E-state index in [9.17, 15) is 13.2 Å². The van der Waals surface area contributed by atoms with Gasteiger partial charge in [0.1, 0.15) is 0 Å². The molecular formula is C3H3BF3NO. The Morgan fingerprint density at radius 2 is 2.00 bits per heavy atom. The Bertz CT molecular complexity index is 121. The van der Waals surface area contributed by atoms with Crippen molar-refractivity contribution in [2.45, 2.75) is 12.5 Å². The molecule has 0 unspecified atom stereocenters. The molecule has 9 heavy (non-hydrogen) atoms. The summed E-state index contributed by atoms with van der Waals surface area (Å²) >= 11 is 0. The molecule has 0 aliphatic carbocycles. The van der Waals surface area contributed by atoms with Crippen molar-refractivity contribution in [2.24, 2.45) is 5.16 Å². The Kier molecular flexibility index (Phi) is 2.54. The van der Waals surface area contributed by atoms with Crippen LogP contribution in [0.5, 0.6) is 0 Å². The number of oxime groups is 1. The van der Waals surface area contributed by atoms with Gasteiger partial charge in [0.25, 0.3) is 0 Å². The van der Waals surface area contributed by atoms with Crippen LogP contribution in [0.15, 0.2) is 5.16 Å². The first-order valence-electron chi connectivity index (χ1n) is 2.00. The van der Waals surface area contributed by atoms with E-state index in [1.807, 2.05) is 5.16 Å². The van der Waals surface area contributed by atoms with Crippen LogP contribution >= 0.6 is 0 Å². The molecule has 0 heterocycles. The minimum absolute atomic E-state index is 0.806. The maximum Gasteiger partial charge on any atom is 0.431 e. The van der Waals surface area contributed by atoms with Gasteiger partial charge in [-0.3, -0.25) is 0 Å². The molecule has 0 aliphatic rings. The van der Waals surface area contributed by atoms with Gasteiger partial charge in [-0.05, 0) is 6.32 Å².